The summed E-state index contributed by atoms with van der Waals surface area (Å²) in [4.78, 5) is 47.1. The van der Waals surface area contributed by atoms with Crippen molar-refractivity contribution < 1.29 is 29.3 Å². The van der Waals surface area contributed by atoms with Crippen molar-refractivity contribution in [1.82, 2.24) is 20.2 Å². The van der Waals surface area contributed by atoms with Gasteiger partial charge >= 0.3 is 5.97 Å². The number of amides is 2. The molecule has 15 heteroatoms. The molecule has 1 saturated heterocycles. The molecular formula is C21H18N7O5S3+. The monoisotopic (exact) mass is 544 g/mol. The number of fused-ring (bicyclic) bond motifs is 1. The van der Waals surface area contributed by atoms with Gasteiger partial charge in [-0.15, -0.1) is 34.4 Å². The highest BCUT2D eigenvalue weighted by Gasteiger charge is 2.54. The van der Waals surface area contributed by atoms with Gasteiger partial charge in [0.05, 0.1) is 11.2 Å². The van der Waals surface area contributed by atoms with Gasteiger partial charge in [-0.2, -0.15) is 0 Å². The van der Waals surface area contributed by atoms with Crippen LogP contribution in [0.2, 0.25) is 0 Å². The van der Waals surface area contributed by atoms with E-state index in [0.717, 1.165) is 22.6 Å². The summed E-state index contributed by atoms with van der Waals surface area (Å²) in [6.45, 7) is 0.284. The number of nitrogens with zero attached hydrogens (tertiary/aromatic N) is 5. The number of pyridine rings is 1. The fraction of sp³-hybridized carbons (Fsp3) is 0.190. The van der Waals surface area contributed by atoms with Crippen LogP contribution >= 0.6 is 34.4 Å². The number of carboxylic acid groups (broad SMARTS) is 1. The second-order valence-corrected chi connectivity index (χ2v) is 10.5. The van der Waals surface area contributed by atoms with Crippen LogP contribution in [0.25, 0.3) is 11.3 Å². The summed E-state index contributed by atoms with van der Waals surface area (Å²) in [5.74, 6) is -2.24. The van der Waals surface area contributed by atoms with Crippen LogP contribution in [0.3, 0.4) is 0 Å². The first-order chi connectivity index (χ1) is 17.4. The standard InChI is InChI=1S/C21H17N7O5S3/c22-21-24-13(8-36-21)14(26-33)17(29)25-15-18(30)28-16(20(31)32)11(6-35-19(15)28)5-27-3-1-10(2-4-27)12-7-34-9-23-12/h1-4,7-9,15,19H,5-6H2,(H4-,22,24,25,29,31,32,33)/p+1/t15-,19+/m1/s1. The first kappa shape index (κ1) is 23.9. The molecule has 36 heavy (non-hydrogen) atoms. The maximum Gasteiger partial charge on any atom is 0.352 e. The molecule has 5 N–H and O–H groups in total. The zero-order valence-corrected chi connectivity index (χ0v) is 20.7. The van der Waals surface area contributed by atoms with Gasteiger partial charge in [-0.1, -0.05) is 5.16 Å². The third kappa shape index (κ3) is 4.31. The van der Waals surface area contributed by atoms with E-state index in [2.05, 4.69) is 20.4 Å². The minimum atomic E-state index is -1.22. The summed E-state index contributed by atoms with van der Waals surface area (Å²) in [7, 11) is 0. The van der Waals surface area contributed by atoms with Crippen LogP contribution in [0.4, 0.5) is 5.13 Å². The van der Waals surface area contributed by atoms with Crippen molar-refractivity contribution in [2.75, 3.05) is 11.5 Å². The molecular weight excluding hydrogens is 526 g/mol. The number of rotatable bonds is 7. The number of hydrogen-bond acceptors (Lipinski definition) is 11. The zero-order chi connectivity index (χ0) is 25.4. The predicted octanol–water partition coefficient (Wildman–Crippen LogP) is 0.753. The Morgan fingerprint density at radius 2 is 2.08 bits per heavy atom. The minimum Gasteiger partial charge on any atom is -0.477 e. The van der Waals surface area contributed by atoms with E-state index in [1.54, 1.807) is 5.51 Å². The SMILES string of the molecule is Nc1nc(C(=NO)C(=O)N[C@@H]2C(=O)N3C(C(=O)O)=C(C[n+]4ccc(-c5cscn5)cc4)CS[C@@H]23)cs1. The predicted molar refractivity (Wildman–Crippen MR) is 132 cm³/mol. The molecule has 3 aromatic rings. The Morgan fingerprint density at radius 1 is 1.31 bits per heavy atom. The van der Waals surface area contributed by atoms with Crippen LogP contribution in [-0.2, 0) is 20.9 Å². The molecule has 0 radical (unpaired) electrons. The molecule has 2 aliphatic rings. The lowest BCUT2D eigenvalue weighted by Crippen LogP contribution is -2.71. The highest BCUT2D eigenvalue weighted by Crippen LogP contribution is 2.40. The summed E-state index contributed by atoms with van der Waals surface area (Å²) in [6, 6.07) is 2.81. The molecule has 0 aliphatic carbocycles. The van der Waals surface area contributed by atoms with E-state index in [1.165, 1.54) is 33.4 Å². The van der Waals surface area contributed by atoms with Crippen molar-refractivity contribution >= 4 is 63.1 Å². The van der Waals surface area contributed by atoms with Crippen LogP contribution < -0.4 is 15.6 Å². The number of aromatic nitrogens is 3. The maximum absolute atomic E-state index is 12.9. The van der Waals surface area contributed by atoms with Crippen LogP contribution in [0.5, 0.6) is 0 Å². The molecule has 12 nitrogen and oxygen atoms in total. The Kier molecular flexibility index (Phi) is 6.42. The van der Waals surface area contributed by atoms with Gasteiger partial charge in [-0.3, -0.25) is 14.5 Å². The van der Waals surface area contributed by atoms with Crippen molar-refractivity contribution in [2.45, 2.75) is 18.0 Å². The number of nitrogen functional groups attached to an aromatic ring is 1. The van der Waals surface area contributed by atoms with Gasteiger partial charge in [0.1, 0.15) is 22.8 Å². The highest BCUT2D eigenvalue weighted by molar-refractivity contribution is 8.00. The largest absolute Gasteiger partial charge is 0.477 e. The van der Waals surface area contributed by atoms with Crippen molar-refractivity contribution in [3.63, 3.8) is 0 Å². The van der Waals surface area contributed by atoms with Crippen LogP contribution in [0, 0.1) is 0 Å². The lowest BCUT2D eigenvalue weighted by Gasteiger charge is -2.49. The number of nitrogens with two attached hydrogens (primary N) is 1. The summed E-state index contributed by atoms with van der Waals surface area (Å²) in [5, 5.41) is 27.7. The number of hydrogen-bond donors (Lipinski definition) is 4. The number of oxime groups is 1. The number of anilines is 1. The molecule has 0 bridgehead atoms. The molecule has 2 atom stereocenters. The quantitative estimate of drug-likeness (QED) is 0.110. The number of carbonyl (C=O) groups excluding carboxylic acids is 2. The van der Waals surface area contributed by atoms with Crippen molar-refractivity contribution in [3.8, 4) is 11.3 Å². The fourth-order valence-electron chi connectivity index (χ4n) is 3.93. The third-order valence-electron chi connectivity index (χ3n) is 5.61. The van der Waals surface area contributed by atoms with E-state index in [-0.39, 0.29) is 28.8 Å². The van der Waals surface area contributed by atoms with Crippen molar-refractivity contribution in [2.24, 2.45) is 5.16 Å². The molecule has 0 unspecified atom stereocenters. The fourth-order valence-corrected chi connectivity index (χ4v) is 6.38. The van der Waals surface area contributed by atoms with Crippen LogP contribution in [0.15, 0.2) is 57.2 Å². The number of thiazole rings is 2. The van der Waals surface area contributed by atoms with Gasteiger partial charge in [-0.25, -0.2) is 19.3 Å². The van der Waals surface area contributed by atoms with Crippen molar-refractivity contribution in [1.29, 1.82) is 0 Å². The second kappa shape index (κ2) is 9.67. The molecule has 0 saturated carbocycles. The Bertz CT molecular complexity index is 1400. The number of nitrogens with one attached hydrogen (secondary N) is 1. The Hall–Kier alpha value is -3.82. The summed E-state index contributed by atoms with van der Waals surface area (Å²) >= 11 is 3.91. The molecule has 184 valence electrons. The Morgan fingerprint density at radius 3 is 2.69 bits per heavy atom. The van der Waals surface area contributed by atoms with Gasteiger partial charge in [0.15, 0.2) is 29.8 Å². The van der Waals surface area contributed by atoms with Crippen molar-refractivity contribution in [3.05, 3.63) is 57.8 Å². The topological polar surface area (TPSA) is 175 Å². The maximum atomic E-state index is 12.9. The van der Waals surface area contributed by atoms with E-state index in [0.29, 0.717) is 11.3 Å². The van der Waals surface area contributed by atoms with E-state index in [1.807, 2.05) is 34.5 Å². The summed E-state index contributed by atoms with van der Waals surface area (Å²) < 4.78 is 1.84. The van der Waals surface area contributed by atoms with Gasteiger partial charge in [0, 0.05) is 39.8 Å². The summed E-state index contributed by atoms with van der Waals surface area (Å²) in [6.07, 6.45) is 3.67. The molecule has 5 heterocycles. The molecule has 2 aliphatic heterocycles. The molecule has 2 amide bonds. The van der Waals surface area contributed by atoms with Gasteiger partial charge in [0.25, 0.3) is 11.8 Å². The number of thioether (sulfide) groups is 1. The van der Waals surface area contributed by atoms with E-state index in [4.69, 9.17) is 5.73 Å². The molecule has 3 aromatic heterocycles. The number of aliphatic carboxylic acids is 1. The van der Waals surface area contributed by atoms with Gasteiger partial charge < -0.3 is 21.4 Å². The lowest BCUT2D eigenvalue weighted by atomic mass is 10.0. The third-order valence-corrected chi connectivity index (χ3v) is 8.21. The van der Waals surface area contributed by atoms with Crippen LogP contribution in [-0.4, -0.2) is 65.8 Å². The zero-order valence-electron chi connectivity index (χ0n) is 18.3. The molecule has 0 spiro atoms. The molecule has 5 rings (SSSR count). The van der Waals surface area contributed by atoms with Gasteiger partial charge in [0.2, 0.25) is 0 Å². The minimum absolute atomic E-state index is 0.0728. The number of β-lactam (4-membered cyclic amide) rings is 1. The smallest absolute Gasteiger partial charge is 0.352 e. The first-order valence-corrected chi connectivity index (χ1v) is 13.3. The average molecular weight is 545 g/mol. The Balaban J connectivity index is 1.32. The Labute approximate surface area is 215 Å². The normalized spacial score (nSPS) is 19.6. The van der Waals surface area contributed by atoms with Crippen LogP contribution in [0.1, 0.15) is 5.69 Å². The number of carboxylic acids is 1. The molecule has 0 aromatic carbocycles. The van der Waals surface area contributed by atoms with E-state index < -0.39 is 29.2 Å². The summed E-state index contributed by atoms with van der Waals surface area (Å²) in [5.41, 5.74) is 9.30. The van der Waals surface area contributed by atoms with Gasteiger partial charge in [-0.05, 0) is 0 Å². The lowest BCUT2D eigenvalue weighted by molar-refractivity contribution is -0.689. The first-order valence-electron chi connectivity index (χ1n) is 10.4. The van der Waals surface area contributed by atoms with E-state index >= 15 is 0 Å². The number of carbonyl (C=O) groups is 3. The second-order valence-electron chi connectivity index (χ2n) is 7.77. The van der Waals surface area contributed by atoms with E-state index in [9.17, 15) is 24.7 Å². The highest BCUT2D eigenvalue weighted by atomic mass is 32.2. The average Bonchev–Trinajstić information content (AvgIpc) is 3.55. The molecule has 1 fully saturated rings.